The smallest absolute Gasteiger partial charge is 0.408 e. The SMILES string of the molecule is Cc1ccccc1NC(=O)C(c1ccc(O)cc1)N(C(=O)C(Cc1ccccc1)NC(=O)OC(C)(C)C)C1CC1. The average Bonchev–Trinajstić information content (AvgIpc) is 3.73. The minimum absolute atomic E-state index is 0.0552. The molecule has 0 saturated heterocycles. The minimum atomic E-state index is -0.987. The van der Waals surface area contributed by atoms with Crippen LogP contribution in [0.4, 0.5) is 10.5 Å². The number of hydrogen-bond acceptors (Lipinski definition) is 5. The number of aromatic hydroxyl groups is 1. The van der Waals surface area contributed by atoms with E-state index in [0.717, 1.165) is 24.0 Å². The van der Waals surface area contributed by atoms with Crippen LogP contribution in [0.25, 0.3) is 0 Å². The number of para-hydroxylation sites is 1. The molecule has 40 heavy (non-hydrogen) atoms. The summed E-state index contributed by atoms with van der Waals surface area (Å²) in [6.07, 6.45) is 0.998. The number of aryl methyl sites for hydroxylation is 1. The van der Waals surface area contributed by atoms with Gasteiger partial charge in [0.1, 0.15) is 23.4 Å². The lowest BCUT2D eigenvalue weighted by Gasteiger charge is -2.35. The Hall–Kier alpha value is -4.33. The number of carbonyl (C=O) groups is 3. The molecular formula is C32H37N3O5. The van der Waals surface area contributed by atoms with E-state index >= 15 is 0 Å². The van der Waals surface area contributed by atoms with Gasteiger partial charge in [-0.05, 0) is 75.4 Å². The molecule has 210 valence electrons. The summed E-state index contributed by atoms with van der Waals surface area (Å²) < 4.78 is 5.48. The van der Waals surface area contributed by atoms with Gasteiger partial charge in [0, 0.05) is 18.2 Å². The van der Waals surface area contributed by atoms with Crippen molar-refractivity contribution in [2.75, 3.05) is 5.32 Å². The first-order chi connectivity index (χ1) is 19.0. The van der Waals surface area contributed by atoms with Crippen molar-refractivity contribution in [1.29, 1.82) is 0 Å². The maximum absolute atomic E-state index is 14.4. The zero-order chi connectivity index (χ0) is 28.9. The Morgan fingerprint density at radius 1 is 0.950 bits per heavy atom. The lowest BCUT2D eigenvalue weighted by molar-refractivity contribution is -0.141. The summed E-state index contributed by atoms with van der Waals surface area (Å²) >= 11 is 0. The molecule has 1 saturated carbocycles. The van der Waals surface area contributed by atoms with Gasteiger partial charge in [-0.3, -0.25) is 9.59 Å². The molecule has 1 aliphatic carbocycles. The van der Waals surface area contributed by atoms with Gasteiger partial charge in [-0.2, -0.15) is 0 Å². The highest BCUT2D eigenvalue weighted by molar-refractivity contribution is 5.99. The second-order valence-electron chi connectivity index (χ2n) is 11.2. The Kier molecular flexibility index (Phi) is 8.77. The zero-order valence-electron chi connectivity index (χ0n) is 23.4. The third-order valence-corrected chi connectivity index (χ3v) is 6.60. The molecule has 0 heterocycles. The van der Waals surface area contributed by atoms with Crippen LogP contribution in [-0.4, -0.2) is 45.6 Å². The fourth-order valence-corrected chi connectivity index (χ4v) is 4.56. The molecule has 2 atom stereocenters. The predicted octanol–water partition coefficient (Wildman–Crippen LogP) is 5.51. The van der Waals surface area contributed by atoms with E-state index in [1.807, 2.05) is 61.5 Å². The van der Waals surface area contributed by atoms with Crippen molar-refractivity contribution >= 4 is 23.6 Å². The summed E-state index contributed by atoms with van der Waals surface area (Å²) in [6, 6.07) is 21.0. The van der Waals surface area contributed by atoms with E-state index in [1.54, 1.807) is 37.8 Å². The second-order valence-corrected chi connectivity index (χ2v) is 11.2. The number of phenolic OH excluding ortho intramolecular Hbond substituents is 1. The number of rotatable bonds is 9. The highest BCUT2D eigenvalue weighted by Crippen LogP contribution is 2.37. The molecule has 3 N–H and O–H groups in total. The number of ether oxygens (including phenoxy) is 1. The van der Waals surface area contributed by atoms with Crippen molar-refractivity contribution in [3.05, 3.63) is 95.6 Å². The molecule has 0 aliphatic heterocycles. The molecule has 0 aromatic heterocycles. The summed E-state index contributed by atoms with van der Waals surface area (Å²) in [5.74, 6) is -0.703. The van der Waals surface area contributed by atoms with Crippen LogP contribution in [0.15, 0.2) is 78.9 Å². The maximum Gasteiger partial charge on any atom is 0.408 e. The number of nitrogens with one attached hydrogen (secondary N) is 2. The summed E-state index contributed by atoms with van der Waals surface area (Å²) in [7, 11) is 0. The van der Waals surface area contributed by atoms with Crippen molar-refractivity contribution in [3.63, 3.8) is 0 Å². The molecule has 3 amide bonds. The number of alkyl carbamates (subject to hydrolysis) is 1. The van der Waals surface area contributed by atoms with Crippen LogP contribution < -0.4 is 10.6 Å². The molecule has 0 bridgehead atoms. The third-order valence-electron chi connectivity index (χ3n) is 6.60. The van der Waals surface area contributed by atoms with E-state index in [0.29, 0.717) is 11.3 Å². The molecule has 8 heteroatoms. The number of phenols is 1. The minimum Gasteiger partial charge on any atom is -0.508 e. The monoisotopic (exact) mass is 543 g/mol. The summed E-state index contributed by atoms with van der Waals surface area (Å²) in [5.41, 5.74) is 2.20. The zero-order valence-corrected chi connectivity index (χ0v) is 23.4. The van der Waals surface area contributed by atoms with Gasteiger partial charge in [-0.15, -0.1) is 0 Å². The quantitative estimate of drug-likeness (QED) is 0.330. The Morgan fingerprint density at radius 3 is 2.17 bits per heavy atom. The highest BCUT2D eigenvalue weighted by atomic mass is 16.6. The van der Waals surface area contributed by atoms with Gasteiger partial charge in [-0.25, -0.2) is 4.79 Å². The normalized spacial score (nSPS) is 14.5. The van der Waals surface area contributed by atoms with Crippen LogP contribution in [0.5, 0.6) is 5.75 Å². The van der Waals surface area contributed by atoms with Crippen molar-refractivity contribution in [2.45, 2.75) is 70.7 Å². The van der Waals surface area contributed by atoms with Crippen molar-refractivity contribution in [3.8, 4) is 5.75 Å². The summed E-state index contributed by atoms with van der Waals surface area (Å²) in [6.45, 7) is 7.17. The predicted molar refractivity (Wildman–Crippen MR) is 154 cm³/mol. The van der Waals surface area contributed by atoms with Gasteiger partial charge in [0.15, 0.2) is 0 Å². The van der Waals surface area contributed by atoms with Crippen LogP contribution >= 0.6 is 0 Å². The maximum atomic E-state index is 14.4. The van der Waals surface area contributed by atoms with E-state index in [-0.39, 0.29) is 30.0 Å². The third kappa shape index (κ3) is 7.62. The van der Waals surface area contributed by atoms with Gasteiger partial charge < -0.3 is 25.4 Å². The lowest BCUT2D eigenvalue weighted by atomic mass is 9.99. The van der Waals surface area contributed by atoms with Crippen LogP contribution in [0.1, 0.15) is 56.3 Å². The van der Waals surface area contributed by atoms with E-state index in [4.69, 9.17) is 4.74 Å². The van der Waals surface area contributed by atoms with E-state index in [9.17, 15) is 19.5 Å². The molecular weight excluding hydrogens is 506 g/mol. The largest absolute Gasteiger partial charge is 0.508 e. The number of carbonyl (C=O) groups excluding carboxylic acids is 3. The van der Waals surface area contributed by atoms with Gasteiger partial charge in [0.25, 0.3) is 5.91 Å². The van der Waals surface area contributed by atoms with Crippen molar-refractivity contribution in [1.82, 2.24) is 10.2 Å². The van der Waals surface area contributed by atoms with Crippen LogP contribution in [-0.2, 0) is 20.7 Å². The molecule has 8 nitrogen and oxygen atoms in total. The molecule has 3 aromatic carbocycles. The molecule has 1 aliphatic rings. The van der Waals surface area contributed by atoms with Crippen molar-refractivity contribution in [2.24, 2.45) is 0 Å². The Balaban J connectivity index is 1.71. The number of nitrogens with zero attached hydrogens (tertiary/aromatic N) is 1. The first-order valence-corrected chi connectivity index (χ1v) is 13.5. The molecule has 1 fully saturated rings. The number of amides is 3. The molecule has 3 aromatic rings. The fraction of sp³-hybridized carbons (Fsp3) is 0.344. The van der Waals surface area contributed by atoms with Crippen LogP contribution in [0, 0.1) is 6.92 Å². The van der Waals surface area contributed by atoms with Crippen LogP contribution in [0.2, 0.25) is 0 Å². The molecule has 0 radical (unpaired) electrons. The fourth-order valence-electron chi connectivity index (χ4n) is 4.56. The molecule has 4 rings (SSSR count). The molecule has 2 unspecified atom stereocenters. The van der Waals surface area contributed by atoms with E-state index < -0.39 is 23.8 Å². The van der Waals surface area contributed by atoms with Gasteiger partial charge in [0.05, 0.1) is 0 Å². The topological polar surface area (TPSA) is 108 Å². The second kappa shape index (κ2) is 12.2. The van der Waals surface area contributed by atoms with Gasteiger partial charge in [-0.1, -0.05) is 60.7 Å². The Bertz CT molecular complexity index is 1330. The Labute approximate surface area is 235 Å². The first-order valence-electron chi connectivity index (χ1n) is 13.5. The van der Waals surface area contributed by atoms with Gasteiger partial charge in [0.2, 0.25) is 5.91 Å². The number of anilines is 1. The number of hydrogen-bond donors (Lipinski definition) is 3. The van der Waals surface area contributed by atoms with E-state index in [1.165, 1.54) is 12.1 Å². The average molecular weight is 544 g/mol. The Morgan fingerprint density at radius 2 is 1.57 bits per heavy atom. The summed E-state index contributed by atoms with van der Waals surface area (Å²) in [4.78, 5) is 42.7. The van der Waals surface area contributed by atoms with E-state index in [2.05, 4.69) is 10.6 Å². The highest BCUT2D eigenvalue weighted by Gasteiger charge is 2.44. The van der Waals surface area contributed by atoms with Gasteiger partial charge >= 0.3 is 6.09 Å². The lowest BCUT2D eigenvalue weighted by Crippen LogP contribution is -2.54. The van der Waals surface area contributed by atoms with Crippen molar-refractivity contribution < 1.29 is 24.2 Å². The number of benzene rings is 3. The summed E-state index contributed by atoms with van der Waals surface area (Å²) in [5, 5.41) is 15.7. The first kappa shape index (κ1) is 28.7. The molecule has 0 spiro atoms. The van der Waals surface area contributed by atoms with Crippen LogP contribution in [0.3, 0.4) is 0 Å². The standard InChI is InChI=1S/C32H37N3O5/c1-21-10-8-9-13-26(21)33-29(37)28(23-14-18-25(36)19-15-23)35(24-16-17-24)30(38)27(20-22-11-6-5-7-12-22)34-31(39)40-32(2,3)4/h5-15,18-19,24,27-28,36H,16-17,20H2,1-4H3,(H,33,37)(H,34,39).